The summed E-state index contributed by atoms with van der Waals surface area (Å²) < 4.78 is 9.70. The van der Waals surface area contributed by atoms with Gasteiger partial charge in [-0.1, -0.05) is 13.2 Å². The summed E-state index contributed by atoms with van der Waals surface area (Å²) in [5.41, 5.74) is 0.515. The van der Waals surface area contributed by atoms with Gasteiger partial charge in [-0.05, 0) is 20.9 Å². The van der Waals surface area contributed by atoms with E-state index in [0.29, 0.717) is 0 Å². The fourth-order valence-corrected chi connectivity index (χ4v) is 0.853. The molecule has 0 aliphatic heterocycles. The molecule has 2 unspecified atom stereocenters. The molecule has 0 saturated carbocycles. The van der Waals surface area contributed by atoms with Gasteiger partial charge >= 0.3 is 11.9 Å². The highest BCUT2D eigenvalue weighted by Crippen LogP contribution is 2.06. The van der Waals surface area contributed by atoms with Crippen molar-refractivity contribution < 1.29 is 19.1 Å². The molecule has 0 rings (SSSR count). The molecule has 96 valence electrons. The molecular weight excluding hydrogens is 222 g/mol. The van der Waals surface area contributed by atoms with Crippen molar-refractivity contribution in [2.75, 3.05) is 7.05 Å². The summed E-state index contributed by atoms with van der Waals surface area (Å²) in [4.78, 5) is 22.7. The number of carbonyl (C=O) groups is 2. The van der Waals surface area contributed by atoms with Gasteiger partial charge in [0.15, 0.2) is 0 Å². The fraction of sp³-hybridized carbons (Fsp3) is 0.500. The van der Waals surface area contributed by atoms with Crippen LogP contribution in [0.2, 0.25) is 0 Å². The van der Waals surface area contributed by atoms with E-state index in [9.17, 15) is 9.59 Å². The Kier molecular flexibility index (Phi) is 6.20. The quantitative estimate of drug-likeness (QED) is 0.429. The van der Waals surface area contributed by atoms with Crippen LogP contribution in [0, 0.1) is 0 Å². The van der Waals surface area contributed by atoms with Crippen molar-refractivity contribution in [3.8, 4) is 0 Å². The average Bonchev–Trinajstić information content (AvgIpc) is 2.26. The lowest BCUT2D eigenvalue weighted by Crippen LogP contribution is -2.31. The third-order valence-corrected chi connectivity index (χ3v) is 2.11. The molecule has 0 aromatic carbocycles. The predicted octanol–water partition coefficient (Wildman–Crippen LogP) is 1.16. The Hall–Kier alpha value is -1.62. The number of hydrogen-bond donors (Lipinski definition) is 1. The number of likely N-dealkylation sites (N-methyl/N-ethyl adjacent to an activating group) is 1. The van der Waals surface area contributed by atoms with Gasteiger partial charge in [0.2, 0.25) is 6.29 Å². The molecule has 0 aromatic heterocycles. The summed E-state index contributed by atoms with van der Waals surface area (Å²) in [7, 11) is 1.70. The van der Waals surface area contributed by atoms with Gasteiger partial charge in [-0.15, -0.1) is 0 Å². The van der Waals surface area contributed by atoms with Gasteiger partial charge in [0.05, 0.1) is 0 Å². The summed E-state index contributed by atoms with van der Waals surface area (Å²) in [6.45, 7) is 11.8. The molecule has 0 heterocycles. The van der Waals surface area contributed by atoms with Gasteiger partial charge < -0.3 is 14.8 Å². The summed E-state index contributed by atoms with van der Waals surface area (Å²) in [6, 6.07) is -0.202. The maximum atomic E-state index is 11.5. The van der Waals surface area contributed by atoms with Gasteiger partial charge in [-0.2, -0.15) is 0 Å². The minimum absolute atomic E-state index is 0.202. The second-order valence-corrected chi connectivity index (χ2v) is 3.69. The predicted molar refractivity (Wildman–Crippen MR) is 64.1 cm³/mol. The van der Waals surface area contributed by atoms with Crippen molar-refractivity contribution in [1.29, 1.82) is 0 Å². The lowest BCUT2D eigenvalue weighted by molar-refractivity contribution is -0.178. The number of hydrogen-bond acceptors (Lipinski definition) is 5. The van der Waals surface area contributed by atoms with Crippen LogP contribution in [0.1, 0.15) is 20.8 Å². The zero-order valence-electron chi connectivity index (χ0n) is 10.7. The van der Waals surface area contributed by atoms with Crippen molar-refractivity contribution in [1.82, 2.24) is 5.32 Å². The molecule has 5 heteroatoms. The molecule has 2 atom stereocenters. The second kappa shape index (κ2) is 6.85. The first-order valence-corrected chi connectivity index (χ1v) is 5.23. The topological polar surface area (TPSA) is 64.6 Å². The summed E-state index contributed by atoms with van der Waals surface area (Å²) >= 11 is 0. The van der Waals surface area contributed by atoms with E-state index in [-0.39, 0.29) is 17.2 Å². The third kappa shape index (κ3) is 5.31. The van der Waals surface area contributed by atoms with Gasteiger partial charge in [0.25, 0.3) is 0 Å². The van der Waals surface area contributed by atoms with Gasteiger partial charge in [-0.25, -0.2) is 9.59 Å². The normalized spacial score (nSPS) is 13.4. The number of carbonyl (C=O) groups excluding carboxylic acids is 2. The molecule has 0 saturated heterocycles. The Balaban J connectivity index is 4.26. The molecular formula is C12H19NO4. The van der Waals surface area contributed by atoms with Crippen LogP contribution in [-0.4, -0.2) is 31.3 Å². The molecule has 0 aliphatic carbocycles. The zero-order chi connectivity index (χ0) is 13.6. The molecule has 17 heavy (non-hydrogen) atoms. The van der Waals surface area contributed by atoms with Crippen LogP contribution >= 0.6 is 0 Å². The third-order valence-electron chi connectivity index (χ3n) is 2.11. The van der Waals surface area contributed by atoms with Crippen molar-refractivity contribution in [2.45, 2.75) is 33.1 Å². The monoisotopic (exact) mass is 241 g/mol. The van der Waals surface area contributed by atoms with Gasteiger partial charge in [0.1, 0.15) is 0 Å². The van der Waals surface area contributed by atoms with Crippen LogP contribution in [0.3, 0.4) is 0 Å². The van der Waals surface area contributed by atoms with E-state index in [1.165, 1.54) is 13.8 Å². The maximum absolute atomic E-state index is 11.5. The average molecular weight is 241 g/mol. The Bertz CT molecular complexity index is 335. The summed E-state index contributed by atoms with van der Waals surface area (Å²) in [5, 5.41) is 2.86. The van der Waals surface area contributed by atoms with E-state index in [2.05, 4.69) is 18.5 Å². The van der Waals surface area contributed by atoms with E-state index in [0.717, 1.165) is 0 Å². The molecule has 0 fully saturated rings. The molecule has 1 N–H and O–H groups in total. The zero-order valence-corrected chi connectivity index (χ0v) is 10.7. The SMILES string of the molecule is C=C(C)C(=O)OC(C)OC(=O)C(=C)C(C)NC. The smallest absolute Gasteiger partial charge is 0.338 e. The molecule has 0 aliphatic rings. The van der Waals surface area contributed by atoms with Crippen LogP contribution in [-0.2, 0) is 19.1 Å². The van der Waals surface area contributed by atoms with Crippen molar-refractivity contribution in [2.24, 2.45) is 0 Å². The highest BCUT2D eigenvalue weighted by Gasteiger charge is 2.19. The minimum Gasteiger partial charge on any atom is -0.422 e. The maximum Gasteiger partial charge on any atom is 0.338 e. The molecule has 0 bridgehead atoms. The lowest BCUT2D eigenvalue weighted by atomic mass is 10.1. The molecule has 5 nitrogen and oxygen atoms in total. The molecule has 0 radical (unpaired) electrons. The van der Waals surface area contributed by atoms with Crippen molar-refractivity contribution >= 4 is 11.9 Å². The Morgan fingerprint density at radius 1 is 1.12 bits per heavy atom. The Morgan fingerprint density at radius 2 is 1.59 bits per heavy atom. The highest BCUT2D eigenvalue weighted by atomic mass is 16.7. The van der Waals surface area contributed by atoms with E-state index >= 15 is 0 Å². The lowest BCUT2D eigenvalue weighted by Gasteiger charge is -2.17. The largest absolute Gasteiger partial charge is 0.422 e. The van der Waals surface area contributed by atoms with E-state index in [1.54, 1.807) is 14.0 Å². The van der Waals surface area contributed by atoms with E-state index in [4.69, 9.17) is 9.47 Å². The van der Waals surface area contributed by atoms with Crippen molar-refractivity contribution in [3.05, 3.63) is 24.3 Å². The summed E-state index contributed by atoms with van der Waals surface area (Å²) in [5.74, 6) is -1.20. The molecule has 0 aromatic rings. The van der Waals surface area contributed by atoms with Crippen LogP contribution in [0.5, 0.6) is 0 Å². The summed E-state index contributed by atoms with van der Waals surface area (Å²) in [6.07, 6.45) is -0.965. The first-order chi connectivity index (χ1) is 7.79. The first kappa shape index (κ1) is 15.4. The molecule has 0 amide bonds. The van der Waals surface area contributed by atoms with Crippen LogP contribution in [0.4, 0.5) is 0 Å². The van der Waals surface area contributed by atoms with Crippen LogP contribution < -0.4 is 5.32 Å². The minimum atomic E-state index is -0.965. The fourth-order valence-electron chi connectivity index (χ4n) is 0.853. The Labute approximate surface area is 101 Å². The van der Waals surface area contributed by atoms with Gasteiger partial charge in [0, 0.05) is 24.1 Å². The van der Waals surface area contributed by atoms with Crippen LogP contribution in [0.25, 0.3) is 0 Å². The van der Waals surface area contributed by atoms with E-state index < -0.39 is 18.2 Å². The second-order valence-electron chi connectivity index (χ2n) is 3.69. The van der Waals surface area contributed by atoms with Crippen LogP contribution in [0.15, 0.2) is 24.3 Å². The Morgan fingerprint density at radius 3 is 2.00 bits per heavy atom. The van der Waals surface area contributed by atoms with E-state index in [1.807, 2.05) is 0 Å². The van der Waals surface area contributed by atoms with Crippen molar-refractivity contribution in [3.63, 3.8) is 0 Å². The highest BCUT2D eigenvalue weighted by molar-refractivity contribution is 5.89. The van der Waals surface area contributed by atoms with Gasteiger partial charge in [-0.3, -0.25) is 0 Å². The molecule has 0 spiro atoms. The number of esters is 2. The number of ether oxygens (including phenoxy) is 2. The number of rotatable bonds is 6. The first-order valence-electron chi connectivity index (χ1n) is 5.23. The number of nitrogens with one attached hydrogen (secondary N) is 1. The standard InChI is InChI=1S/C12H19NO4/c1-7(2)11(14)16-10(5)17-12(15)8(3)9(4)13-6/h9-10,13H,1,3H2,2,4-6H3.